The molecule has 3 saturated carbocycles. The minimum atomic E-state index is -0.506. The number of aliphatic hydroxyl groups is 1. The van der Waals surface area contributed by atoms with Gasteiger partial charge in [-0.25, -0.2) is 0 Å². The van der Waals surface area contributed by atoms with E-state index >= 15 is 0 Å². The summed E-state index contributed by atoms with van der Waals surface area (Å²) in [5.41, 5.74) is 1.56. The van der Waals surface area contributed by atoms with Crippen molar-refractivity contribution in [1.82, 2.24) is 0 Å². The van der Waals surface area contributed by atoms with Gasteiger partial charge in [-0.1, -0.05) is 25.5 Å². The summed E-state index contributed by atoms with van der Waals surface area (Å²) in [6, 6.07) is 0. The highest BCUT2D eigenvalue weighted by molar-refractivity contribution is 5.79. The van der Waals surface area contributed by atoms with Crippen LogP contribution in [0.5, 0.6) is 0 Å². The van der Waals surface area contributed by atoms with Crippen LogP contribution < -0.4 is 0 Å². The molecule has 1 N–H and O–H groups in total. The van der Waals surface area contributed by atoms with Crippen molar-refractivity contribution in [2.75, 3.05) is 0 Å². The molecule has 0 aromatic rings. The van der Waals surface area contributed by atoms with Gasteiger partial charge in [-0.05, 0) is 93.8 Å². The lowest BCUT2D eigenvalue weighted by Gasteiger charge is -2.58. The van der Waals surface area contributed by atoms with Gasteiger partial charge < -0.3 is 5.11 Å². The Hall–Kier alpha value is -0.630. The number of fused-ring (bicyclic) bond motifs is 5. The molecule has 0 amide bonds. The van der Waals surface area contributed by atoms with Crippen LogP contribution in [0.1, 0.15) is 79.1 Å². The van der Waals surface area contributed by atoms with E-state index in [1.54, 1.807) is 0 Å². The molecule has 0 radical (unpaired) electrons. The van der Waals surface area contributed by atoms with Gasteiger partial charge in [-0.15, -0.1) is 0 Å². The Bertz CT molecular complexity index is 589. The molecule has 4 aliphatic rings. The minimum absolute atomic E-state index is 0.245. The van der Waals surface area contributed by atoms with Crippen molar-refractivity contribution >= 4 is 5.78 Å². The third-order valence-electron chi connectivity index (χ3n) is 8.87. The van der Waals surface area contributed by atoms with Crippen LogP contribution in [0.2, 0.25) is 0 Å². The lowest BCUT2D eigenvalue weighted by molar-refractivity contribution is -0.127. The van der Waals surface area contributed by atoms with Crippen LogP contribution in [0, 0.1) is 34.5 Å². The zero-order chi connectivity index (χ0) is 17.3. The van der Waals surface area contributed by atoms with E-state index in [-0.39, 0.29) is 5.41 Å². The van der Waals surface area contributed by atoms with Gasteiger partial charge >= 0.3 is 0 Å². The van der Waals surface area contributed by atoms with Crippen molar-refractivity contribution in [2.45, 2.75) is 84.7 Å². The molecule has 2 heteroatoms. The van der Waals surface area contributed by atoms with E-state index in [0.717, 1.165) is 43.4 Å². The molecule has 0 spiro atoms. The summed E-state index contributed by atoms with van der Waals surface area (Å²) in [6.45, 7) is 8.71. The largest absolute Gasteiger partial charge is 0.390 e. The first kappa shape index (κ1) is 16.8. The summed E-state index contributed by atoms with van der Waals surface area (Å²) in [5.74, 6) is 2.96. The van der Waals surface area contributed by atoms with Crippen LogP contribution in [0.4, 0.5) is 0 Å². The fraction of sp³-hybridized carbons (Fsp3) is 0.864. The van der Waals surface area contributed by atoms with Gasteiger partial charge in [0.25, 0.3) is 0 Å². The zero-order valence-corrected chi connectivity index (χ0v) is 15.9. The third-order valence-corrected chi connectivity index (χ3v) is 8.87. The molecule has 0 heterocycles. The zero-order valence-electron chi connectivity index (χ0n) is 15.9. The van der Waals surface area contributed by atoms with Crippen LogP contribution >= 0.6 is 0 Å². The summed E-state index contributed by atoms with van der Waals surface area (Å²) in [5, 5.41) is 10.5. The Morgan fingerprint density at radius 3 is 2.54 bits per heavy atom. The summed E-state index contributed by atoms with van der Waals surface area (Å²) < 4.78 is 0. The van der Waals surface area contributed by atoms with Crippen LogP contribution in [-0.4, -0.2) is 16.5 Å². The number of rotatable bonds is 1. The van der Waals surface area contributed by atoms with Crippen molar-refractivity contribution in [2.24, 2.45) is 34.5 Å². The standard InChI is InChI=1S/C22H34O2/c1-14(23)17-7-8-18-16-6-5-15-13-20(2,24)11-12-21(15,3)19(16)9-10-22(17,18)4/h5,16-19,24H,6-13H2,1-4H3. The summed E-state index contributed by atoms with van der Waals surface area (Å²) >= 11 is 0. The minimum Gasteiger partial charge on any atom is -0.390 e. The smallest absolute Gasteiger partial charge is 0.133 e. The third kappa shape index (κ3) is 2.21. The molecule has 3 fully saturated rings. The maximum atomic E-state index is 12.2. The van der Waals surface area contributed by atoms with Gasteiger partial charge in [-0.2, -0.15) is 0 Å². The SMILES string of the molecule is CC(=O)C1CCC2C3CC=C4CC(C)(O)CCC4(C)C3CCC12C. The summed E-state index contributed by atoms with van der Waals surface area (Å²) in [7, 11) is 0. The number of hydrogen-bond donors (Lipinski definition) is 1. The number of carbonyl (C=O) groups excluding carboxylic acids is 1. The van der Waals surface area contributed by atoms with Crippen molar-refractivity contribution in [3.05, 3.63) is 11.6 Å². The Morgan fingerprint density at radius 1 is 1.08 bits per heavy atom. The van der Waals surface area contributed by atoms with E-state index < -0.39 is 5.60 Å². The van der Waals surface area contributed by atoms with Gasteiger partial charge in [0.15, 0.2) is 0 Å². The fourth-order valence-electron chi connectivity index (χ4n) is 7.47. The molecule has 7 unspecified atom stereocenters. The molecule has 7 atom stereocenters. The van der Waals surface area contributed by atoms with Crippen molar-refractivity contribution < 1.29 is 9.90 Å². The van der Waals surface area contributed by atoms with E-state index in [9.17, 15) is 9.90 Å². The second kappa shape index (κ2) is 5.19. The lowest BCUT2D eigenvalue weighted by Crippen LogP contribution is -2.52. The summed E-state index contributed by atoms with van der Waals surface area (Å²) in [6.07, 6.45) is 11.5. The average molecular weight is 331 g/mol. The fourth-order valence-corrected chi connectivity index (χ4v) is 7.47. The van der Waals surface area contributed by atoms with E-state index in [4.69, 9.17) is 0 Å². The first-order valence-electron chi connectivity index (χ1n) is 10.1. The molecule has 0 aromatic heterocycles. The normalized spacial score (nSPS) is 53.6. The van der Waals surface area contributed by atoms with Crippen LogP contribution in [0.3, 0.4) is 0 Å². The molecule has 24 heavy (non-hydrogen) atoms. The average Bonchev–Trinajstić information content (AvgIpc) is 2.85. The second-order valence-electron chi connectivity index (χ2n) is 10.2. The van der Waals surface area contributed by atoms with E-state index in [1.807, 2.05) is 13.8 Å². The van der Waals surface area contributed by atoms with E-state index in [0.29, 0.717) is 17.1 Å². The molecule has 134 valence electrons. The molecule has 0 aliphatic heterocycles. The molecule has 4 aliphatic carbocycles. The number of Topliss-reactive ketones (excluding diaryl/α,β-unsaturated/α-hetero) is 1. The predicted octanol–water partition coefficient (Wildman–Crippen LogP) is 4.91. The number of hydrogen-bond acceptors (Lipinski definition) is 2. The lowest BCUT2D eigenvalue weighted by atomic mass is 9.46. The van der Waals surface area contributed by atoms with Gasteiger partial charge in [-0.3, -0.25) is 4.79 Å². The quantitative estimate of drug-likeness (QED) is 0.694. The number of ketones is 1. The Morgan fingerprint density at radius 2 is 1.83 bits per heavy atom. The highest BCUT2D eigenvalue weighted by atomic mass is 16.3. The molecule has 4 rings (SSSR count). The monoisotopic (exact) mass is 330 g/mol. The first-order chi connectivity index (χ1) is 11.2. The molecule has 2 nitrogen and oxygen atoms in total. The first-order valence-corrected chi connectivity index (χ1v) is 10.1. The van der Waals surface area contributed by atoms with E-state index in [1.165, 1.54) is 31.3 Å². The number of carbonyl (C=O) groups is 1. The topological polar surface area (TPSA) is 37.3 Å². The van der Waals surface area contributed by atoms with Gasteiger partial charge in [0.1, 0.15) is 5.78 Å². The van der Waals surface area contributed by atoms with Crippen LogP contribution in [-0.2, 0) is 4.79 Å². The van der Waals surface area contributed by atoms with Gasteiger partial charge in [0.05, 0.1) is 5.60 Å². The highest BCUT2D eigenvalue weighted by Gasteiger charge is 2.59. The Kier molecular flexibility index (Phi) is 3.64. The maximum absolute atomic E-state index is 12.2. The maximum Gasteiger partial charge on any atom is 0.133 e. The molecule has 0 aromatic carbocycles. The number of allylic oxidation sites excluding steroid dienone is 1. The molecular formula is C22H34O2. The Balaban J connectivity index is 1.66. The summed E-state index contributed by atoms with van der Waals surface area (Å²) in [4.78, 5) is 12.2. The molecule has 0 saturated heterocycles. The molecular weight excluding hydrogens is 296 g/mol. The highest BCUT2D eigenvalue weighted by Crippen LogP contribution is 2.66. The predicted molar refractivity (Wildman–Crippen MR) is 96.5 cm³/mol. The molecule has 0 bridgehead atoms. The Labute approximate surface area is 147 Å². The van der Waals surface area contributed by atoms with Gasteiger partial charge in [0.2, 0.25) is 0 Å². The van der Waals surface area contributed by atoms with Gasteiger partial charge in [0, 0.05) is 5.92 Å². The van der Waals surface area contributed by atoms with Crippen molar-refractivity contribution in [3.8, 4) is 0 Å². The van der Waals surface area contributed by atoms with Crippen molar-refractivity contribution in [3.63, 3.8) is 0 Å². The van der Waals surface area contributed by atoms with Crippen LogP contribution in [0.15, 0.2) is 11.6 Å². The van der Waals surface area contributed by atoms with Crippen molar-refractivity contribution in [1.29, 1.82) is 0 Å². The van der Waals surface area contributed by atoms with Crippen LogP contribution in [0.25, 0.3) is 0 Å². The van der Waals surface area contributed by atoms with E-state index in [2.05, 4.69) is 19.9 Å². The second-order valence-corrected chi connectivity index (χ2v) is 10.2.